The van der Waals surface area contributed by atoms with Crippen LogP contribution in [0.1, 0.15) is 6.42 Å². The Morgan fingerprint density at radius 3 is 2.81 bits per heavy atom. The smallest absolute Gasteiger partial charge is 0.239 e. The lowest BCUT2D eigenvalue weighted by molar-refractivity contribution is -0.129. The minimum Gasteiger partial charge on any atom is -0.312 e. The molecule has 1 aliphatic heterocycles. The quantitative estimate of drug-likeness (QED) is 0.884. The average Bonchev–Trinajstić information content (AvgIpc) is 3.09. The first-order valence-electron chi connectivity index (χ1n) is 6.42. The fraction of sp³-hybridized carbons (Fsp3) is 0.214. The van der Waals surface area contributed by atoms with Gasteiger partial charge in [0.1, 0.15) is 5.92 Å². The third kappa shape index (κ3) is 2.91. The average molecular weight is 322 g/mol. The Labute approximate surface area is 130 Å². The maximum absolute atomic E-state index is 12.4. The number of hydrogen-bond donors (Lipinski definition) is 1. The van der Waals surface area contributed by atoms with Gasteiger partial charge in [0.15, 0.2) is 5.13 Å². The summed E-state index contributed by atoms with van der Waals surface area (Å²) in [5.74, 6) is -1.15. The second-order valence-corrected chi connectivity index (χ2v) is 5.97. The zero-order valence-corrected chi connectivity index (χ0v) is 12.5. The minimum absolute atomic E-state index is 0.189. The second kappa shape index (κ2) is 5.83. The number of carbonyl (C=O) groups excluding carboxylic acids is 2. The van der Waals surface area contributed by atoms with E-state index in [1.54, 1.807) is 40.7 Å². The van der Waals surface area contributed by atoms with Crippen LogP contribution in [0.2, 0.25) is 5.02 Å². The summed E-state index contributed by atoms with van der Waals surface area (Å²) >= 11 is 7.17. The Morgan fingerprint density at radius 1 is 1.38 bits per heavy atom. The summed E-state index contributed by atoms with van der Waals surface area (Å²) in [5, 5.41) is 5.57. The summed E-state index contributed by atoms with van der Waals surface area (Å²) < 4.78 is 0. The number of aromatic nitrogens is 1. The molecule has 1 unspecified atom stereocenters. The van der Waals surface area contributed by atoms with Crippen LogP contribution < -0.4 is 10.2 Å². The van der Waals surface area contributed by atoms with Gasteiger partial charge in [0.05, 0.1) is 0 Å². The second-order valence-electron chi connectivity index (χ2n) is 4.63. The summed E-state index contributed by atoms with van der Waals surface area (Å²) in [7, 11) is 0. The molecule has 0 bridgehead atoms. The minimum atomic E-state index is -0.662. The maximum Gasteiger partial charge on any atom is 0.239 e. The lowest BCUT2D eigenvalue weighted by atomic mass is 10.1. The number of nitrogens with one attached hydrogen (secondary N) is 1. The first-order valence-corrected chi connectivity index (χ1v) is 7.68. The number of amides is 2. The van der Waals surface area contributed by atoms with E-state index in [0.717, 1.165) is 5.69 Å². The highest BCUT2D eigenvalue weighted by Gasteiger charge is 2.37. The van der Waals surface area contributed by atoms with E-state index in [1.165, 1.54) is 11.3 Å². The van der Waals surface area contributed by atoms with Gasteiger partial charge in [-0.1, -0.05) is 11.6 Å². The fourth-order valence-corrected chi connectivity index (χ4v) is 2.94. The van der Waals surface area contributed by atoms with Gasteiger partial charge in [0.25, 0.3) is 0 Å². The zero-order chi connectivity index (χ0) is 14.8. The molecule has 2 aromatic rings. The molecule has 108 valence electrons. The molecule has 2 amide bonds. The van der Waals surface area contributed by atoms with Crippen LogP contribution in [0.3, 0.4) is 0 Å². The van der Waals surface area contributed by atoms with Crippen LogP contribution in [0, 0.1) is 5.92 Å². The number of thiazole rings is 1. The fourth-order valence-electron chi connectivity index (χ4n) is 2.28. The topological polar surface area (TPSA) is 62.3 Å². The monoisotopic (exact) mass is 321 g/mol. The molecule has 1 aromatic carbocycles. The van der Waals surface area contributed by atoms with Crippen molar-refractivity contribution in [2.45, 2.75) is 6.42 Å². The molecule has 1 atom stereocenters. The van der Waals surface area contributed by atoms with Crippen LogP contribution in [0.4, 0.5) is 10.8 Å². The van der Waals surface area contributed by atoms with Gasteiger partial charge in [0, 0.05) is 28.8 Å². The molecule has 2 heterocycles. The van der Waals surface area contributed by atoms with Crippen molar-refractivity contribution in [1.82, 2.24) is 4.98 Å². The highest BCUT2D eigenvalue weighted by molar-refractivity contribution is 7.13. The molecule has 0 spiro atoms. The van der Waals surface area contributed by atoms with E-state index in [0.29, 0.717) is 23.1 Å². The molecule has 1 N–H and O–H groups in total. The Hall–Kier alpha value is -1.92. The van der Waals surface area contributed by atoms with E-state index >= 15 is 0 Å². The van der Waals surface area contributed by atoms with Crippen LogP contribution in [0.25, 0.3) is 0 Å². The van der Waals surface area contributed by atoms with Gasteiger partial charge < -0.3 is 10.2 Å². The lowest BCUT2D eigenvalue weighted by Crippen LogP contribution is -2.32. The van der Waals surface area contributed by atoms with Crippen LogP contribution in [0.5, 0.6) is 0 Å². The van der Waals surface area contributed by atoms with Gasteiger partial charge >= 0.3 is 0 Å². The molecule has 21 heavy (non-hydrogen) atoms. The van der Waals surface area contributed by atoms with E-state index in [-0.39, 0.29) is 11.8 Å². The molecule has 1 aliphatic rings. The summed E-state index contributed by atoms with van der Waals surface area (Å²) in [5.41, 5.74) is 0.758. The van der Waals surface area contributed by atoms with Gasteiger partial charge in [-0.25, -0.2) is 4.98 Å². The third-order valence-corrected chi connectivity index (χ3v) is 4.26. The van der Waals surface area contributed by atoms with E-state index in [9.17, 15) is 9.59 Å². The Kier molecular flexibility index (Phi) is 3.90. The van der Waals surface area contributed by atoms with Crippen LogP contribution in [-0.2, 0) is 9.59 Å². The van der Waals surface area contributed by atoms with Crippen molar-refractivity contribution < 1.29 is 9.59 Å². The number of benzene rings is 1. The van der Waals surface area contributed by atoms with Crippen LogP contribution in [0.15, 0.2) is 35.8 Å². The number of hydrogen-bond acceptors (Lipinski definition) is 4. The molecule has 5 nitrogen and oxygen atoms in total. The van der Waals surface area contributed by atoms with Gasteiger partial charge in [-0.15, -0.1) is 11.3 Å². The highest BCUT2D eigenvalue weighted by atomic mass is 35.5. The SMILES string of the molecule is O=C(Nc1nccs1)C1CCN(c2ccc(Cl)cc2)C1=O. The summed E-state index contributed by atoms with van der Waals surface area (Å²) in [4.78, 5) is 30.1. The molecule has 1 saturated heterocycles. The molecular weight excluding hydrogens is 310 g/mol. The van der Waals surface area contributed by atoms with E-state index < -0.39 is 5.92 Å². The van der Waals surface area contributed by atoms with Crippen molar-refractivity contribution in [3.8, 4) is 0 Å². The first-order chi connectivity index (χ1) is 10.1. The van der Waals surface area contributed by atoms with Crippen molar-refractivity contribution >= 4 is 45.6 Å². The molecule has 7 heteroatoms. The number of halogens is 1. The Balaban J connectivity index is 1.71. The molecule has 0 saturated carbocycles. The summed E-state index contributed by atoms with van der Waals surface area (Å²) in [6.07, 6.45) is 2.11. The number of rotatable bonds is 3. The van der Waals surface area contributed by atoms with Crippen LogP contribution in [-0.4, -0.2) is 23.3 Å². The molecule has 1 aromatic heterocycles. The number of carbonyl (C=O) groups is 2. The Morgan fingerprint density at radius 2 is 2.14 bits per heavy atom. The third-order valence-electron chi connectivity index (χ3n) is 3.32. The first kappa shape index (κ1) is 14.0. The maximum atomic E-state index is 12.4. The number of nitrogens with zero attached hydrogens (tertiary/aromatic N) is 2. The van der Waals surface area contributed by atoms with Gasteiger partial charge in [0.2, 0.25) is 11.8 Å². The van der Waals surface area contributed by atoms with Gasteiger partial charge in [-0.2, -0.15) is 0 Å². The standard InChI is InChI=1S/C14H12ClN3O2S/c15-9-1-3-10(4-2-9)18-7-5-11(13(18)20)12(19)17-14-16-6-8-21-14/h1-4,6,8,11H,5,7H2,(H,16,17,19). The molecular formula is C14H12ClN3O2S. The number of anilines is 2. The molecule has 3 rings (SSSR count). The molecule has 0 aliphatic carbocycles. The summed E-state index contributed by atoms with van der Waals surface area (Å²) in [6, 6.07) is 7.02. The van der Waals surface area contributed by atoms with Gasteiger partial charge in [-0.05, 0) is 30.7 Å². The van der Waals surface area contributed by atoms with E-state index in [1.807, 2.05) is 0 Å². The van der Waals surface area contributed by atoms with Gasteiger partial charge in [-0.3, -0.25) is 9.59 Å². The van der Waals surface area contributed by atoms with Crippen molar-refractivity contribution in [2.75, 3.05) is 16.8 Å². The highest BCUT2D eigenvalue weighted by Crippen LogP contribution is 2.27. The van der Waals surface area contributed by atoms with Crippen molar-refractivity contribution in [1.29, 1.82) is 0 Å². The van der Waals surface area contributed by atoms with Crippen molar-refractivity contribution in [2.24, 2.45) is 5.92 Å². The normalized spacial score (nSPS) is 18.0. The van der Waals surface area contributed by atoms with Crippen molar-refractivity contribution in [3.05, 3.63) is 40.9 Å². The molecule has 1 fully saturated rings. The zero-order valence-electron chi connectivity index (χ0n) is 11.0. The predicted octanol–water partition coefficient (Wildman–Crippen LogP) is 2.79. The largest absolute Gasteiger partial charge is 0.312 e. The molecule has 0 radical (unpaired) electrons. The van der Waals surface area contributed by atoms with Crippen molar-refractivity contribution in [3.63, 3.8) is 0 Å². The predicted molar refractivity (Wildman–Crippen MR) is 82.7 cm³/mol. The van der Waals surface area contributed by atoms with Crippen LogP contribution >= 0.6 is 22.9 Å². The van der Waals surface area contributed by atoms with E-state index in [2.05, 4.69) is 10.3 Å². The van der Waals surface area contributed by atoms with E-state index in [4.69, 9.17) is 11.6 Å². The lowest BCUT2D eigenvalue weighted by Gasteiger charge is -2.16. The summed E-state index contributed by atoms with van der Waals surface area (Å²) in [6.45, 7) is 0.524. The Bertz CT molecular complexity index is 657.